The summed E-state index contributed by atoms with van der Waals surface area (Å²) in [6, 6.07) is 3.37. The summed E-state index contributed by atoms with van der Waals surface area (Å²) in [5.74, 6) is -0.912. The van der Waals surface area contributed by atoms with Gasteiger partial charge in [0.15, 0.2) is 5.60 Å². The molecule has 1 atom stereocenters. The number of aliphatic carboxylic acids is 1. The van der Waals surface area contributed by atoms with Gasteiger partial charge in [0.25, 0.3) is 0 Å². The topological polar surface area (TPSA) is 66.8 Å². The van der Waals surface area contributed by atoms with Crippen LogP contribution < -0.4 is 4.74 Å². The van der Waals surface area contributed by atoms with E-state index in [1.54, 1.807) is 12.1 Å². The molecule has 4 heteroatoms. The predicted molar refractivity (Wildman–Crippen MR) is 59.7 cm³/mol. The first kappa shape index (κ1) is 12.5. The molecule has 1 aromatic carbocycles. The molecule has 1 aromatic rings. The molecule has 1 rings (SSSR count). The fourth-order valence-corrected chi connectivity index (χ4v) is 1.45. The van der Waals surface area contributed by atoms with Gasteiger partial charge < -0.3 is 14.9 Å². The highest BCUT2D eigenvalue weighted by molar-refractivity contribution is 5.80. The number of hydrogen-bond donors (Lipinski definition) is 2. The molecule has 16 heavy (non-hydrogen) atoms. The number of carbonyl (C=O) groups is 1. The molecule has 0 aliphatic carbocycles. The van der Waals surface area contributed by atoms with Crippen LogP contribution in [-0.2, 0) is 10.4 Å². The molecule has 2 N–H and O–H groups in total. The highest BCUT2D eigenvalue weighted by Crippen LogP contribution is 2.32. The second-order valence-electron chi connectivity index (χ2n) is 4.01. The summed E-state index contributed by atoms with van der Waals surface area (Å²) in [5, 5.41) is 18.9. The van der Waals surface area contributed by atoms with Crippen LogP contribution in [0.25, 0.3) is 0 Å². The lowest BCUT2D eigenvalue weighted by atomic mass is 9.92. The van der Waals surface area contributed by atoms with E-state index in [-0.39, 0.29) is 5.56 Å². The van der Waals surface area contributed by atoms with Gasteiger partial charge in [-0.1, -0.05) is 0 Å². The molecule has 0 aliphatic rings. The Bertz CT molecular complexity index is 421. The number of rotatable bonds is 3. The van der Waals surface area contributed by atoms with Crippen LogP contribution in [-0.4, -0.2) is 23.3 Å². The van der Waals surface area contributed by atoms with Crippen molar-refractivity contribution in [2.75, 3.05) is 7.11 Å². The van der Waals surface area contributed by atoms with Crippen molar-refractivity contribution in [3.8, 4) is 5.75 Å². The second-order valence-corrected chi connectivity index (χ2v) is 4.01. The first-order chi connectivity index (χ1) is 7.30. The first-order valence-corrected chi connectivity index (χ1v) is 4.92. The third kappa shape index (κ3) is 2.02. The van der Waals surface area contributed by atoms with Crippen molar-refractivity contribution in [2.24, 2.45) is 0 Å². The van der Waals surface area contributed by atoms with Gasteiger partial charge in [-0.2, -0.15) is 0 Å². The van der Waals surface area contributed by atoms with E-state index in [1.807, 2.05) is 13.8 Å². The Labute approximate surface area is 94.5 Å². The second kappa shape index (κ2) is 4.14. The molecule has 0 bridgehead atoms. The van der Waals surface area contributed by atoms with E-state index >= 15 is 0 Å². The molecule has 1 unspecified atom stereocenters. The molecular formula is C12H16O4. The number of aryl methyl sites for hydroxylation is 2. The number of carboxylic acid groups (broad SMARTS) is 1. The van der Waals surface area contributed by atoms with Crippen molar-refractivity contribution < 1.29 is 19.7 Å². The smallest absolute Gasteiger partial charge is 0.340 e. The fourth-order valence-electron chi connectivity index (χ4n) is 1.45. The van der Waals surface area contributed by atoms with Gasteiger partial charge in [0.2, 0.25) is 0 Å². The minimum Gasteiger partial charge on any atom is -0.496 e. The fraction of sp³-hybridized carbons (Fsp3) is 0.417. The molecule has 0 saturated carbocycles. The molecule has 0 heterocycles. The van der Waals surface area contributed by atoms with E-state index in [2.05, 4.69) is 0 Å². The molecule has 0 aliphatic heterocycles. The molecule has 0 amide bonds. The largest absolute Gasteiger partial charge is 0.496 e. The van der Waals surface area contributed by atoms with Crippen LogP contribution in [0.1, 0.15) is 23.6 Å². The summed E-state index contributed by atoms with van der Waals surface area (Å²) in [6.45, 7) is 5.00. The molecule has 0 radical (unpaired) electrons. The van der Waals surface area contributed by atoms with E-state index in [4.69, 9.17) is 9.84 Å². The highest BCUT2D eigenvalue weighted by atomic mass is 16.5. The maximum atomic E-state index is 11.0. The van der Waals surface area contributed by atoms with Gasteiger partial charge >= 0.3 is 5.97 Å². The van der Waals surface area contributed by atoms with Gasteiger partial charge in [0.1, 0.15) is 5.75 Å². The number of benzene rings is 1. The molecule has 0 spiro atoms. The van der Waals surface area contributed by atoms with Crippen LogP contribution in [0.4, 0.5) is 0 Å². The summed E-state index contributed by atoms with van der Waals surface area (Å²) in [4.78, 5) is 11.0. The van der Waals surface area contributed by atoms with Crippen molar-refractivity contribution in [1.82, 2.24) is 0 Å². The quantitative estimate of drug-likeness (QED) is 0.818. The minimum atomic E-state index is -1.94. The van der Waals surface area contributed by atoms with Crippen LogP contribution >= 0.6 is 0 Å². The zero-order valence-corrected chi connectivity index (χ0v) is 9.87. The van der Waals surface area contributed by atoms with Gasteiger partial charge in [-0.25, -0.2) is 4.79 Å². The van der Waals surface area contributed by atoms with E-state index in [9.17, 15) is 9.90 Å². The average Bonchev–Trinajstić information content (AvgIpc) is 2.20. The molecule has 0 aromatic heterocycles. The summed E-state index contributed by atoms with van der Waals surface area (Å²) in [5.41, 5.74) is 0.230. The Morgan fingerprint density at radius 3 is 2.25 bits per heavy atom. The van der Waals surface area contributed by atoms with Crippen molar-refractivity contribution >= 4 is 5.97 Å². The Morgan fingerprint density at radius 2 is 1.81 bits per heavy atom. The zero-order valence-electron chi connectivity index (χ0n) is 9.87. The molecule has 88 valence electrons. The van der Waals surface area contributed by atoms with E-state index in [0.29, 0.717) is 5.75 Å². The van der Waals surface area contributed by atoms with E-state index in [1.165, 1.54) is 14.0 Å². The van der Waals surface area contributed by atoms with Crippen molar-refractivity contribution in [3.05, 3.63) is 28.8 Å². The third-order valence-electron chi connectivity index (χ3n) is 2.76. The maximum Gasteiger partial charge on any atom is 0.340 e. The number of methoxy groups -OCH3 is 1. The monoisotopic (exact) mass is 224 g/mol. The predicted octanol–water partition coefficient (Wildman–Crippen LogP) is 1.60. The SMILES string of the molecule is COc1cc(C)c(C)cc1C(C)(O)C(=O)O. The zero-order chi connectivity index (χ0) is 12.5. The summed E-state index contributed by atoms with van der Waals surface area (Å²) >= 11 is 0. The van der Waals surface area contributed by atoms with Crippen LogP contribution in [0.5, 0.6) is 5.75 Å². The summed E-state index contributed by atoms with van der Waals surface area (Å²) in [6.07, 6.45) is 0. The Hall–Kier alpha value is -1.55. The average molecular weight is 224 g/mol. The number of ether oxygens (including phenoxy) is 1. The normalized spacial score (nSPS) is 14.3. The highest BCUT2D eigenvalue weighted by Gasteiger charge is 2.35. The van der Waals surface area contributed by atoms with Crippen LogP contribution in [0.2, 0.25) is 0 Å². The Balaban J connectivity index is 3.43. The molecule has 0 fully saturated rings. The number of hydrogen-bond acceptors (Lipinski definition) is 3. The van der Waals surface area contributed by atoms with Gasteiger partial charge in [0, 0.05) is 5.56 Å². The Morgan fingerprint density at radius 1 is 1.31 bits per heavy atom. The first-order valence-electron chi connectivity index (χ1n) is 4.92. The van der Waals surface area contributed by atoms with Crippen LogP contribution in [0.3, 0.4) is 0 Å². The molecule has 4 nitrogen and oxygen atoms in total. The van der Waals surface area contributed by atoms with Gasteiger partial charge in [0.05, 0.1) is 7.11 Å². The standard InChI is InChI=1S/C12H16O4/c1-7-5-9(12(3,15)11(13)14)10(16-4)6-8(7)2/h5-6,15H,1-4H3,(H,13,14). The van der Waals surface area contributed by atoms with Gasteiger partial charge in [-0.3, -0.25) is 0 Å². The number of carboxylic acids is 1. The summed E-state index contributed by atoms with van der Waals surface area (Å²) < 4.78 is 5.09. The van der Waals surface area contributed by atoms with E-state index < -0.39 is 11.6 Å². The van der Waals surface area contributed by atoms with Crippen molar-refractivity contribution in [3.63, 3.8) is 0 Å². The lowest BCUT2D eigenvalue weighted by Gasteiger charge is -2.22. The lowest BCUT2D eigenvalue weighted by Crippen LogP contribution is -2.32. The number of aliphatic hydroxyl groups is 1. The summed E-state index contributed by atoms with van der Waals surface area (Å²) in [7, 11) is 1.45. The Kier molecular flexibility index (Phi) is 3.24. The van der Waals surface area contributed by atoms with Crippen molar-refractivity contribution in [1.29, 1.82) is 0 Å². The lowest BCUT2D eigenvalue weighted by molar-refractivity contribution is -0.157. The van der Waals surface area contributed by atoms with Gasteiger partial charge in [-0.15, -0.1) is 0 Å². The van der Waals surface area contributed by atoms with Crippen LogP contribution in [0, 0.1) is 13.8 Å². The van der Waals surface area contributed by atoms with E-state index in [0.717, 1.165) is 11.1 Å². The maximum absolute atomic E-state index is 11.0. The van der Waals surface area contributed by atoms with Crippen molar-refractivity contribution in [2.45, 2.75) is 26.4 Å². The minimum absolute atomic E-state index is 0.269. The van der Waals surface area contributed by atoms with Gasteiger partial charge in [-0.05, 0) is 44.0 Å². The van der Waals surface area contributed by atoms with Crippen LogP contribution in [0.15, 0.2) is 12.1 Å². The third-order valence-corrected chi connectivity index (χ3v) is 2.76. The molecule has 0 saturated heterocycles. The molecular weight excluding hydrogens is 208 g/mol.